The van der Waals surface area contributed by atoms with Gasteiger partial charge in [0.1, 0.15) is 22.6 Å². The van der Waals surface area contributed by atoms with Crippen LogP contribution in [0.15, 0.2) is 5.16 Å². The number of hydrogen-bond donors (Lipinski definition) is 5. The van der Waals surface area contributed by atoms with Gasteiger partial charge in [-0.1, -0.05) is 5.16 Å². The quantitative estimate of drug-likeness (QED) is 0.117. The highest BCUT2D eigenvalue weighted by atomic mass is 35.5. The molecular weight excluding hydrogens is 724 g/mol. The first-order chi connectivity index (χ1) is 24.4. The molecule has 3 amide bonds. The molecular formula is C37H75ClN6O10. The number of nitrogens with zero attached hydrogens (tertiary/aromatic N) is 4. The maximum Gasteiger partial charge on any atom is 0.410 e. The molecule has 320 valence electrons. The number of carbonyl (C=O) groups excluding carboxylic acids is 4. The van der Waals surface area contributed by atoms with Crippen LogP contribution in [0.1, 0.15) is 139 Å². The standard InChI is InChI=1S/C12H22N2O3.C12H24N2O2.C12H21NO3.CH4O.ClH.H3NO/c1-12(2,3)17-11(15)14(4)10-7-5-9(13-16)6-8-10;1-12(2,3)16-11(15)14(4)10-7-5-9(13)6-8-10;1-12(2,3)16-11(15)13(4)9-5-7-10(14)8-6-9;1-2;;1-2/h10,16H,5-8H2,1-4H3;9-10H,5-8,13H2,1-4H3;9H,5-8H2,1-4H3;2H,1H3;1H;2H,1H2. The molecule has 0 atom stereocenters. The third kappa shape index (κ3) is 24.5. The number of carbonyl (C=O) groups is 4. The Morgan fingerprint density at radius 1 is 0.593 bits per heavy atom. The summed E-state index contributed by atoms with van der Waals surface area (Å²) in [5, 5.41) is 25.4. The van der Waals surface area contributed by atoms with Crippen molar-refractivity contribution in [2.75, 3.05) is 28.3 Å². The van der Waals surface area contributed by atoms with Gasteiger partial charge in [-0.25, -0.2) is 20.3 Å². The van der Waals surface area contributed by atoms with E-state index in [0.29, 0.717) is 24.7 Å². The van der Waals surface area contributed by atoms with Crippen molar-refractivity contribution in [1.82, 2.24) is 14.7 Å². The van der Waals surface area contributed by atoms with Crippen LogP contribution in [0, 0.1) is 0 Å². The number of rotatable bonds is 3. The summed E-state index contributed by atoms with van der Waals surface area (Å²) in [6.45, 7) is 16.8. The molecule has 3 aliphatic rings. The highest BCUT2D eigenvalue weighted by Crippen LogP contribution is 2.24. The largest absolute Gasteiger partial charge is 0.444 e. The normalized spacial score (nSPS) is 20.1. The Morgan fingerprint density at radius 2 is 0.852 bits per heavy atom. The molecule has 0 aliphatic heterocycles. The molecule has 0 aromatic carbocycles. The maximum atomic E-state index is 11.8. The van der Waals surface area contributed by atoms with Crippen LogP contribution < -0.4 is 11.6 Å². The number of oxime groups is 1. The van der Waals surface area contributed by atoms with Gasteiger partial charge in [0.05, 0.1) is 5.71 Å². The van der Waals surface area contributed by atoms with E-state index < -0.39 is 16.8 Å². The van der Waals surface area contributed by atoms with Crippen LogP contribution in [0.5, 0.6) is 0 Å². The van der Waals surface area contributed by atoms with E-state index in [1.54, 1.807) is 28.8 Å². The molecule has 0 radical (unpaired) electrons. The summed E-state index contributed by atoms with van der Waals surface area (Å²) in [6.07, 6.45) is 8.97. The lowest BCUT2D eigenvalue weighted by atomic mass is 9.91. The van der Waals surface area contributed by atoms with E-state index >= 15 is 0 Å². The van der Waals surface area contributed by atoms with Crippen molar-refractivity contribution in [1.29, 1.82) is 0 Å². The zero-order chi connectivity index (χ0) is 41.7. The average Bonchev–Trinajstić information content (AvgIpc) is 3.08. The first-order valence-electron chi connectivity index (χ1n) is 18.5. The van der Waals surface area contributed by atoms with Crippen LogP contribution in [0.25, 0.3) is 0 Å². The van der Waals surface area contributed by atoms with Crippen LogP contribution >= 0.6 is 12.4 Å². The summed E-state index contributed by atoms with van der Waals surface area (Å²) in [7, 11) is 6.32. The first kappa shape index (κ1) is 55.4. The number of Topliss-reactive ketones (excluding diaryl/α,β-unsaturated/α-hetero) is 1. The van der Waals surface area contributed by atoms with Crippen molar-refractivity contribution in [2.45, 2.75) is 180 Å². The van der Waals surface area contributed by atoms with E-state index in [1.807, 2.05) is 69.4 Å². The van der Waals surface area contributed by atoms with Gasteiger partial charge < -0.3 is 50.2 Å². The highest BCUT2D eigenvalue weighted by Gasteiger charge is 2.30. The number of nitrogens with two attached hydrogens (primary N) is 2. The van der Waals surface area contributed by atoms with Crippen molar-refractivity contribution in [2.24, 2.45) is 16.8 Å². The molecule has 0 heterocycles. The van der Waals surface area contributed by atoms with Crippen LogP contribution in [0.2, 0.25) is 0 Å². The molecule has 0 saturated heterocycles. The number of hydrogen-bond acceptors (Lipinski definition) is 13. The van der Waals surface area contributed by atoms with E-state index in [4.69, 9.17) is 35.5 Å². The third-order valence-electron chi connectivity index (χ3n) is 8.62. The summed E-state index contributed by atoms with van der Waals surface area (Å²) in [6, 6.07) is 0.917. The minimum atomic E-state index is -0.462. The second-order valence-electron chi connectivity index (χ2n) is 16.5. The van der Waals surface area contributed by atoms with Crippen molar-refractivity contribution in [3.63, 3.8) is 0 Å². The molecule has 3 saturated carbocycles. The molecule has 54 heavy (non-hydrogen) atoms. The molecule has 7 N–H and O–H groups in total. The fraction of sp³-hybridized carbons (Fsp3) is 0.865. The van der Waals surface area contributed by atoms with Gasteiger partial charge >= 0.3 is 18.3 Å². The van der Waals surface area contributed by atoms with Crippen molar-refractivity contribution < 1.29 is 48.9 Å². The van der Waals surface area contributed by atoms with E-state index in [0.717, 1.165) is 77.0 Å². The fourth-order valence-corrected chi connectivity index (χ4v) is 5.67. The van der Waals surface area contributed by atoms with Gasteiger partial charge in [0.15, 0.2) is 0 Å². The Kier molecular flexibility index (Phi) is 27.5. The Bertz CT molecular complexity index is 1100. The van der Waals surface area contributed by atoms with E-state index in [9.17, 15) is 19.2 Å². The molecule has 0 aromatic rings. The molecule has 0 aromatic heterocycles. The summed E-state index contributed by atoms with van der Waals surface area (Å²) >= 11 is 0. The average molecular weight is 799 g/mol. The lowest BCUT2D eigenvalue weighted by Gasteiger charge is -2.34. The van der Waals surface area contributed by atoms with Gasteiger partial charge in [0.2, 0.25) is 0 Å². The fourth-order valence-electron chi connectivity index (χ4n) is 5.67. The third-order valence-corrected chi connectivity index (χ3v) is 8.62. The van der Waals surface area contributed by atoms with E-state index in [-0.39, 0.29) is 48.8 Å². The minimum Gasteiger partial charge on any atom is -0.444 e. The van der Waals surface area contributed by atoms with E-state index in [1.165, 1.54) is 0 Å². The molecule has 17 heteroatoms. The number of halogens is 1. The van der Waals surface area contributed by atoms with Crippen molar-refractivity contribution >= 4 is 42.2 Å². The lowest BCUT2D eigenvalue weighted by molar-refractivity contribution is -0.121. The summed E-state index contributed by atoms with van der Waals surface area (Å²) in [5.41, 5.74) is 5.32. The number of ketones is 1. The second kappa shape index (κ2) is 26.8. The van der Waals surface area contributed by atoms with Crippen molar-refractivity contribution in [3.8, 4) is 0 Å². The van der Waals surface area contributed by atoms with Crippen LogP contribution in [0.3, 0.4) is 0 Å². The topological polar surface area (TPSA) is 231 Å². The number of ether oxygens (including phenoxy) is 3. The first-order valence-corrected chi connectivity index (χ1v) is 18.5. The number of amides is 3. The van der Waals surface area contributed by atoms with Crippen LogP contribution in [0.4, 0.5) is 14.4 Å². The Hall–Kier alpha value is -2.92. The minimum absolute atomic E-state index is 0. The molecule has 0 spiro atoms. The highest BCUT2D eigenvalue weighted by molar-refractivity contribution is 5.85. The Labute approximate surface area is 330 Å². The summed E-state index contributed by atoms with van der Waals surface area (Å²) in [5.74, 6) is 3.80. The van der Waals surface area contributed by atoms with Gasteiger partial charge in [-0.3, -0.25) is 4.79 Å². The number of aliphatic hydroxyl groups excluding tert-OH is 1. The number of aliphatic hydroxyl groups is 1. The molecule has 0 bridgehead atoms. The van der Waals surface area contributed by atoms with Gasteiger partial charge in [-0.2, -0.15) is 0 Å². The molecule has 16 nitrogen and oxygen atoms in total. The van der Waals surface area contributed by atoms with Gasteiger partial charge in [0.25, 0.3) is 0 Å². The molecule has 0 unspecified atom stereocenters. The monoisotopic (exact) mass is 799 g/mol. The van der Waals surface area contributed by atoms with E-state index in [2.05, 4.69) is 11.1 Å². The predicted molar refractivity (Wildman–Crippen MR) is 212 cm³/mol. The van der Waals surface area contributed by atoms with Gasteiger partial charge in [-0.15, -0.1) is 12.4 Å². The van der Waals surface area contributed by atoms with Crippen LogP contribution in [-0.4, -0.2) is 129 Å². The molecule has 3 fully saturated rings. The van der Waals surface area contributed by atoms with Crippen molar-refractivity contribution in [3.05, 3.63) is 0 Å². The lowest BCUT2D eigenvalue weighted by Crippen LogP contribution is -2.44. The Balaban J connectivity index is -0.000000683. The zero-order valence-corrected chi connectivity index (χ0v) is 36.2. The predicted octanol–water partition coefficient (Wildman–Crippen LogP) is 6.48. The zero-order valence-electron chi connectivity index (χ0n) is 35.3. The van der Waals surface area contributed by atoms with Crippen LogP contribution in [-0.2, 0) is 19.0 Å². The van der Waals surface area contributed by atoms with Gasteiger partial charge in [0, 0.05) is 65.3 Å². The SMILES string of the molecule is CN(C(=O)OC(C)(C)C)C1CCC(=NO)CC1.CN(C(=O)OC(C)(C)C)C1CCC(=O)CC1.CN(C(=O)OC(C)(C)C)C1CCC(N)CC1.CO.Cl.NO. The summed E-state index contributed by atoms with van der Waals surface area (Å²) < 4.78 is 15.9. The Morgan fingerprint density at radius 3 is 1.11 bits per heavy atom. The maximum absolute atomic E-state index is 11.8. The molecule has 3 aliphatic carbocycles. The summed E-state index contributed by atoms with van der Waals surface area (Å²) in [4.78, 5) is 51.5. The second-order valence-corrected chi connectivity index (χ2v) is 16.5. The smallest absolute Gasteiger partial charge is 0.410 e. The van der Waals surface area contributed by atoms with Gasteiger partial charge in [-0.05, 0) is 127 Å². The molecule has 3 rings (SSSR count).